The number of rotatable bonds is 7. The fraction of sp³-hybridized carbons (Fsp3) is 0.353. The Morgan fingerprint density at radius 2 is 2.08 bits per heavy atom. The highest BCUT2D eigenvalue weighted by Crippen LogP contribution is 2.24. The van der Waals surface area contributed by atoms with E-state index in [-0.39, 0.29) is 30.2 Å². The summed E-state index contributed by atoms with van der Waals surface area (Å²) in [7, 11) is 0. The van der Waals surface area contributed by atoms with E-state index in [0.717, 1.165) is 0 Å². The van der Waals surface area contributed by atoms with Gasteiger partial charge in [0, 0.05) is 17.9 Å². The summed E-state index contributed by atoms with van der Waals surface area (Å²) in [5.74, 6) is -0.207. The number of aromatic nitrogens is 1. The Labute approximate surface area is 151 Å². The van der Waals surface area contributed by atoms with Crippen LogP contribution in [-0.4, -0.2) is 53.2 Å². The summed E-state index contributed by atoms with van der Waals surface area (Å²) < 4.78 is 15.0. The van der Waals surface area contributed by atoms with Crippen LogP contribution in [0.5, 0.6) is 0 Å². The molecule has 7 nitrogen and oxygen atoms in total. The van der Waals surface area contributed by atoms with E-state index in [2.05, 4.69) is 30.9 Å². The molecular weight excluding hydrogens is 344 g/mol. The second kappa shape index (κ2) is 9.12. The van der Waals surface area contributed by atoms with E-state index >= 15 is 0 Å². The van der Waals surface area contributed by atoms with Crippen LogP contribution in [0, 0.1) is 0 Å². The first-order chi connectivity index (χ1) is 12.0. The second-order valence-corrected chi connectivity index (χ2v) is 6.07. The molecule has 0 aromatic carbocycles. The molecule has 1 aliphatic heterocycles. The van der Waals surface area contributed by atoms with Gasteiger partial charge in [-0.2, -0.15) is 12.6 Å². The first-order valence-electron chi connectivity index (χ1n) is 7.70. The maximum atomic E-state index is 12.0. The van der Waals surface area contributed by atoms with Gasteiger partial charge in [-0.3, -0.25) is 0 Å². The molecule has 2 rings (SSSR count). The lowest BCUT2D eigenvalue weighted by Crippen LogP contribution is -2.35. The molecule has 0 unspecified atom stereocenters. The Bertz CT molecular complexity index is 670. The first kappa shape index (κ1) is 18.9. The molecule has 0 saturated carbocycles. The number of ether oxygens (including phenoxy) is 2. The highest BCUT2D eigenvalue weighted by Gasteiger charge is 2.33. The molecule has 0 spiro atoms. The van der Waals surface area contributed by atoms with Crippen molar-refractivity contribution in [2.45, 2.75) is 17.7 Å². The molecule has 2 atom stereocenters. The molecule has 1 amide bonds. The van der Waals surface area contributed by atoms with Crippen molar-refractivity contribution in [3.8, 4) is 0 Å². The zero-order chi connectivity index (χ0) is 18.2. The normalized spacial score (nSPS) is 19.8. The fourth-order valence-corrected chi connectivity index (χ4v) is 2.72. The van der Waals surface area contributed by atoms with Crippen molar-refractivity contribution in [3.05, 3.63) is 48.9 Å². The largest absolute Gasteiger partial charge is 0.457 e. The zero-order valence-corrected chi connectivity index (χ0v) is 14.6. The maximum absolute atomic E-state index is 12.0. The standard InChI is InChI=1S/C17H20N2O5S/c1-3-7-22-16(20)15-10-13(24-18-15)6-5-12-9-14(25)11-19(12)17(21)23-8-4-2/h3-6,10,12,14,25H,1-2,7-9,11H2/t12-,14+/m1/s1. The highest BCUT2D eigenvalue weighted by atomic mass is 32.1. The Balaban J connectivity index is 2.00. The fourth-order valence-electron chi connectivity index (χ4n) is 2.33. The van der Waals surface area contributed by atoms with E-state index in [1.165, 1.54) is 18.2 Å². The van der Waals surface area contributed by atoms with Gasteiger partial charge in [0.25, 0.3) is 0 Å². The molecule has 0 aliphatic carbocycles. The van der Waals surface area contributed by atoms with Crippen molar-refractivity contribution < 1.29 is 23.6 Å². The third kappa shape index (κ3) is 5.25. The van der Waals surface area contributed by atoms with E-state index in [0.29, 0.717) is 18.7 Å². The summed E-state index contributed by atoms with van der Waals surface area (Å²) in [4.78, 5) is 25.3. The molecule has 1 aromatic heterocycles. The first-order valence-corrected chi connectivity index (χ1v) is 8.22. The number of hydrogen-bond acceptors (Lipinski definition) is 7. The van der Waals surface area contributed by atoms with Crippen molar-refractivity contribution in [2.24, 2.45) is 0 Å². The predicted octanol–water partition coefficient (Wildman–Crippen LogP) is 2.73. The van der Waals surface area contributed by atoms with E-state index in [1.807, 2.05) is 0 Å². The third-order valence-corrected chi connectivity index (χ3v) is 3.81. The van der Waals surface area contributed by atoms with Gasteiger partial charge in [0.05, 0.1) is 6.04 Å². The summed E-state index contributed by atoms with van der Waals surface area (Å²) in [6.45, 7) is 7.73. The van der Waals surface area contributed by atoms with Gasteiger partial charge < -0.3 is 18.9 Å². The van der Waals surface area contributed by atoms with Crippen LogP contribution in [0.15, 0.2) is 42.0 Å². The van der Waals surface area contributed by atoms with Crippen LogP contribution in [0.4, 0.5) is 4.79 Å². The van der Waals surface area contributed by atoms with Gasteiger partial charge in [-0.25, -0.2) is 9.59 Å². The Morgan fingerprint density at radius 3 is 2.80 bits per heavy atom. The minimum atomic E-state index is -0.589. The summed E-state index contributed by atoms with van der Waals surface area (Å²) >= 11 is 4.43. The monoisotopic (exact) mass is 364 g/mol. The van der Waals surface area contributed by atoms with E-state index < -0.39 is 12.1 Å². The van der Waals surface area contributed by atoms with Gasteiger partial charge in [-0.15, -0.1) is 0 Å². The van der Waals surface area contributed by atoms with Crippen molar-refractivity contribution in [2.75, 3.05) is 19.8 Å². The van der Waals surface area contributed by atoms with Crippen molar-refractivity contribution in [3.63, 3.8) is 0 Å². The molecule has 2 heterocycles. The van der Waals surface area contributed by atoms with E-state index in [9.17, 15) is 9.59 Å². The van der Waals surface area contributed by atoms with Crippen LogP contribution in [0.3, 0.4) is 0 Å². The van der Waals surface area contributed by atoms with Gasteiger partial charge in [0.2, 0.25) is 0 Å². The van der Waals surface area contributed by atoms with Crippen LogP contribution < -0.4 is 0 Å². The molecule has 0 N–H and O–H groups in total. The molecule has 1 saturated heterocycles. The number of esters is 1. The number of amides is 1. The number of nitrogens with zero attached hydrogens (tertiary/aromatic N) is 2. The van der Waals surface area contributed by atoms with Gasteiger partial charge in [0.15, 0.2) is 11.5 Å². The molecule has 0 bridgehead atoms. The minimum absolute atomic E-state index is 0.0603. The van der Waals surface area contributed by atoms with Crippen LogP contribution in [0.25, 0.3) is 6.08 Å². The maximum Gasteiger partial charge on any atom is 0.410 e. The number of carbonyl (C=O) groups excluding carboxylic acids is 2. The molecule has 8 heteroatoms. The summed E-state index contributed by atoms with van der Waals surface area (Å²) in [6.07, 6.45) is 6.69. The van der Waals surface area contributed by atoms with Crippen LogP contribution in [-0.2, 0) is 9.47 Å². The smallest absolute Gasteiger partial charge is 0.410 e. The summed E-state index contributed by atoms with van der Waals surface area (Å²) in [5.41, 5.74) is 0.0715. The quantitative estimate of drug-likeness (QED) is 0.455. The number of hydrogen-bond donors (Lipinski definition) is 1. The van der Waals surface area contributed by atoms with Gasteiger partial charge in [-0.1, -0.05) is 36.5 Å². The van der Waals surface area contributed by atoms with Gasteiger partial charge in [-0.05, 0) is 12.5 Å². The minimum Gasteiger partial charge on any atom is -0.457 e. The van der Waals surface area contributed by atoms with Crippen molar-refractivity contribution >= 4 is 30.8 Å². The van der Waals surface area contributed by atoms with Crippen LogP contribution >= 0.6 is 12.6 Å². The molecule has 1 fully saturated rings. The Morgan fingerprint density at radius 1 is 1.36 bits per heavy atom. The highest BCUT2D eigenvalue weighted by molar-refractivity contribution is 7.81. The average molecular weight is 364 g/mol. The lowest BCUT2D eigenvalue weighted by molar-refractivity contribution is 0.0538. The van der Waals surface area contributed by atoms with Gasteiger partial charge >= 0.3 is 12.1 Å². The third-order valence-electron chi connectivity index (χ3n) is 3.43. The van der Waals surface area contributed by atoms with Crippen LogP contribution in [0.1, 0.15) is 22.7 Å². The van der Waals surface area contributed by atoms with Crippen LogP contribution in [0.2, 0.25) is 0 Å². The lowest BCUT2D eigenvalue weighted by Gasteiger charge is -2.20. The number of carbonyl (C=O) groups is 2. The Kier molecular flexibility index (Phi) is 6.88. The average Bonchev–Trinajstić information content (AvgIpc) is 3.22. The predicted molar refractivity (Wildman–Crippen MR) is 95.4 cm³/mol. The molecule has 1 aromatic rings. The molecule has 134 valence electrons. The van der Waals surface area contributed by atoms with Crippen molar-refractivity contribution in [1.82, 2.24) is 10.1 Å². The van der Waals surface area contributed by atoms with Gasteiger partial charge in [0.1, 0.15) is 13.2 Å². The Hall–Kier alpha value is -2.48. The zero-order valence-electron chi connectivity index (χ0n) is 13.7. The number of likely N-dealkylation sites (tertiary alicyclic amines) is 1. The molecule has 25 heavy (non-hydrogen) atoms. The lowest BCUT2D eigenvalue weighted by atomic mass is 10.2. The SMILES string of the molecule is C=CCOC(=O)c1cc(C=C[C@@H]2C[C@H](S)CN2C(=O)OCC=C)on1. The molecule has 1 aliphatic rings. The topological polar surface area (TPSA) is 81.9 Å². The summed E-state index contributed by atoms with van der Waals surface area (Å²) in [5, 5.41) is 3.72. The molecule has 0 radical (unpaired) electrons. The summed E-state index contributed by atoms with van der Waals surface area (Å²) in [6, 6.07) is 1.29. The number of thiol groups is 1. The molecular formula is C17H20N2O5S. The van der Waals surface area contributed by atoms with E-state index in [4.69, 9.17) is 14.0 Å². The van der Waals surface area contributed by atoms with E-state index in [1.54, 1.807) is 17.1 Å². The second-order valence-electron chi connectivity index (χ2n) is 5.34. The van der Waals surface area contributed by atoms with Crippen molar-refractivity contribution in [1.29, 1.82) is 0 Å².